The number of primary amides is 1. The van der Waals surface area contributed by atoms with Gasteiger partial charge in [-0.1, -0.05) is 13.2 Å². The average molecular weight is 505 g/mol. The van der Waals surface area contributed by atoms with Crippen molar-refractivity contribution < 1.29 is 51.1 Å². The second-order valence-corrected chi connectivity index (χ2v) is 8.06. The normalized spacial score (nSPS) is 21.9. The molecule has 4 atom stereocenters. The van der Waals surface area contributed by atoms with E-state index in [1.165, 1.54) is 0 Å². The van der Waals surface area contributed by atoms with Crippen LogP contribution in [0.2, 0.25) is 0 Å². The Morgan fingerprint density at radius 2 is 1.76 bits per heavy atom. The minimum atomic E-state index is -4.27. The van der Waals surface area contributed by atoms with Crippen molar-refractivity contribution >= 4 is 25.7 Å². The zero-order valence-corrected chi connectivity index (χ0v) is 18.8. The van der Waals surface area contributed by atoms with Crippen LogP contribution in [0.3, 0.4) is 0 Å². The molecule has 2 N–H and O–H groups in total. The highest BCUT2D eigenvalue weighted by Gasteiger charge is 2.51. The van der Waals surface area contributed by atoms with Gasteiger partial charge >= 0.3 is 19.8 Å². The molecule has 0 radical (unpaired) electrons. The van der Waals surface area contributed by atoms with Gasteiger partial charge in [0, 0.05) is 13.8 Å². The maximum absolute atomic E-state index is 14.0. The van der Waals surface area contributed by atoms with Crippen LogP contribution in [0.1, 0.15) is 30.6 Å². The van der Waals surface area contributed by atoms with E-state index in [4.69, 9.17) is 33.5 Å². The lowest BCUT2D eigenvalue weighted by atomic mass is 10.1. The predicted molar refractivity (Wildman–Crippen MR) is 108 cm³/mol. The lowest BCUT2D eigenvalue weighted by Gasteiger charge is -2.24. The highest BCUT2D eigenvalue weighted by molar-refractivity contribution is 7.48. The molecule has 0 aromatic carbocycles. The smallest absolute Gasteiger partial charge is 0.456 e. The number of carbonyl (C=O) groups excluding carboxylic acids is 3. The first-order valence-electron chi connectivity index (χ1n) is 9.34. The monoisotopic (exact) mass is 505 g/mol. The van der Waals surface area contributed by atoms with E-state index in [0.29, 0.717) is 10.8 Å². The summed E-state index contributed by atoms with van der Waals surface area (Å²) in [6.07, 6.45) is -3.89. The number of halogens is 1. The van der Waals surface area contributed by atoms with E-state index >= 15 is 0 Å². The van der Waals surface area contributed by atoms with Gasteiger partial charge in [-0.3, -0.25) is 28.3 Å². The lowest BCUT2D eigenvalue weighted by molar-refractivity contribution is -0.165. The number of hydrogen-bond acceptors (Lipinski definition) is 12. The molecule has 0 aliphatic carbocycles. The number of rotatable bonds is 11. The molecule has 186 valence electrons. The van der Waals surface area contributed by atoms with Crippen molar-refractivity contribution in [3.63, 3.8) is 0 Å². The van der Waals surface area contributed by atoms with Crippen LogP contribution in [0.4, 0.5) is 4.39 Å². The molecule has 34 heavy (non-hydrogen) atoms. The molecule has 2 heterocycles. The van der Waals surface area contributed by atoms with Crippen molar-refractivity contribution in [1.29, 1.82) is 0 Å². The summed E-state index contributed by atoms with van der Waals surface area (Å²) >= 11 is 0. The quantitative estimate of drug-likeness (QED) is 0.252. The van der Waals surface area contributed by atoms with Crippen molar-refractivity contribution in [2.45, 2.75) is 38.4 Å². The van der Waals surface area contributed by atoms with E-state index in [0.717, 1.165) is 26.4 Å². The number of hydrogen-bond donors (Lipinski definition) is 1. The molecule has 0 bridgehead atoms. The van der Waals surface area contributed by atoms with Crippen LogP contribution >= 0.6 is 7.82 Å². The third-order valence-electron chi connectivity index (χ3n) is 4.10. The minimum Gasteiger partial charge on any atom is -0.456 e. The number of amides is 1. The Morgan fingerprint density at radius 3 is 2.26 bits per heavy atom. The maximum atomic E-state index is 14.0. The summed E-state index contributed by atoms with van der Waals surface area (Å²) in [6, 6.07) is 0. The zero-order chi connectivity index (χ0) is 25.6. The van der Waals surface area contributed by atoms with Gasteiger partial charge in [0.05, 0.1) is 25.3 Å². The molecule has 1 aliphatic heterocycles. The van der Waals surface area contributed by atoms with Crippen molar-refractivity contribution in [3.05, 3.63) is 53.9 Å². The first-order valence-corrected chi connectivity index (χ1v) is 10.8. The summed E-state index contributed by atoms with van der Waals surface area (Å²) in [6.45, 7) is 7.85. The first kappa shape index (κ1) is 26.7. The van der Waals surface area contributed by atoms with Crippen molar-refractivity contribution in [2.75, 3.05) is 6.61 Å². The standard InChI is InChI=1S/C18H21FN3O11P/c1-5-28-34(27,29-6-2)30-8-11-14(31-9(3)23)15(32-10(4)24)18(33-11)22-7-12(19)21-13(16(20)25)17(22)26/h5-7,11,14-15,18H,1-2,8H2,3-4H3,(H2,20,25)/t11-,14+,15-,18-/m1/s1. The van der Waals surface area contributed by atoms with E-state index in [2.05, 4.69) is 18.1 Å². The molecule has 0 saturated carbocycles. The van der Waals surface area contributed by atoms with Gasteiger partial charge in [0.25, 0.3) is 11.5 Å². The largest absolute Gasteiger partial charge is 0.586 e. The fraction of sp³-hybridized carbons (Fsp3) is 0.389. The van der Waals surface area contributed by atoms with Crippen LogP contribution in [0.5, 0.6) is 0 Å². The molecule has 16 heteroatoms. The van der Waals surface area contributed by atoms with Crippen molar-refractivity contribution in [3.8, 4) is 0 Å². The lowest BCUT2D eigenvalue weighted by Crippen LogP contribution is -2.42. The van der Waals surface area contributed by atoms with Crippen LogP contribution in [-0.4, -0.2) is 52.3 Å². The molecule has 14 nitrogen and oxygen atoms in total. The summed E-state index contributed by atoms with van der Waals surface area (Å²) in [5.74, 6) is -4.35. The Balaban J connectivity index is 2.52. The number of nitrogens with two attached hydrogens (primary N) is 1. The second-order valence-electron chi connectivity index (χ2n) is 6.49. The van der Waals surface area contributed by atoms with Crippen LogP contribution in [0.15, 0.2) is 36.7 Å². The predicted octanol–water partition coefficient (Wildman–Crippen LogP) is 0.687. The third-order valence-corrected chi connectivity index (χ3v) is 5.38. The number of ether oxygens (including phenoxy) is 3. The van der Waals surface area contributed by atoms with Gasteiger partial charge in [0.15, 0.2) is 24.1 Å². The van der Waals surface area contributed by atoms with Crippen LogP contribution in [0, 0.1) is 5.95 Å². The van der Waals surface area contributed by atoms with Gasteiger partial charge in [-0.15, -0.1) is 0 Å². The molecular weight excluding hydrogens is 484 g/mol. The molecule has 0 spiro atoms. The number of esters is 2. The van der Waals surface area contributed by atoms with Crippen molar-refractivity contribution in [1.82, 2.24) is 9.55 Å². The van der Waals surface area contributed by atoms with Gasteiger partial charge in [0.2, 0.25) is 5.95 Å². The maximum Gasteiger partial charge on any atom is 0.586 e. The summed E-state index contributed by atoms with van der Waals surface area (Å²) in [5.41, 5.74) is 2.92. The number of phosphoric ester groups is 1. The number of phosphoric acid groups is 1. The van der Waals surface area contributed by atoms with E-state index in [-0.39, 0.29) is 0 Å². The van der Waals surface area contributed by atoms with E-state index in [1.807, 2.05) is 0 Å². The zero-order valence-electron chi connectivity index (χ0n) is 18.0. The van der Waals surface area contributed by atoms with Gasteiger partial charge in [0.1, 0.15) is 6.10 Å². The highest BCUT2D eigenvalue weighted by Crippen LogP contribution is 2.50. The average Bonchev–Trinajstić information content (AvgIpc) is 3.04. The Bertz CT molecular complexity index is 1080. The fourth-order valence-corrected chi connectivity index (χ4v) is 3.85. The van der Waals surface area contributed by atoms with E-state index in [9.17, 15) is 28.1 Å². The number of nitrogens with zero attached hydrogens (tertiary/aromatic N) is 2. The highest BCUT2D eigenvalue weighted by atomic mass is 31.2. The van der Waals surface area contributed by atoms with Crippen LogP contribution < -0.4 is 11.3 Å². The molecule has 1 saturated heterocycles. The molecular formula is C18H21FN3O11P. The van der Waals surface area contributed by atoms with E-state index in [1.54, 1.807) is 0 Å². The SMILES string of the molecule is C=COP(=O)(OC=C)OC[C@H]1O[C@@H](n2cc(F)nc(C(N)=O)c2=O)[C@H](OC(C)=O)[C@H]1OC(C)=O. The fourth-order valence-electron chi connectivity index (χ4n) is 2.98. The second kappa shape index (κ2) is 11.0. The van der Waals surface area contributed by atoms with Crippen LogP contribution in [-0.2, 0) is 41.9 Å². The molecule has 1 aromatic rings. The summed E-state index contributed by atoms with van der Waals surface area (Å²) < 4.78 is 57.6. The molecule has 1 fully saturated rings. The van der Waals surface area contributed by atoms with E-state index < -0.39 is 74.0 Å². The summed E-state index contributed by atoms with van der Waals surface area (Å²) in [5, 5.41) is 0. The molecule has 1 aromatic heterocycles. The third kappa shape index (κ3) is 6.27. The topological polar surface area (TPSA) is 185 Å². The van der Waals surface area contributed by atoms with Gasteiger partial charge < -0.3 is 29.0 Å². The first-order chi connectivity index (χ1) is 15.9. The van der Waals surface area contributed by atoms with Gasteiger partial charge in [-0.25, -0.2) is 9.55 Å². The minimum absolute atomic E-state index is 0.548. The molecule has 1 aliphatic rings. The van der Waals surface area contributed by atoms with Crippen molar-refractivity contribution in [2.24, 2.45) is 5.73 Å². The Morgan fingerprint density at radius 1 is 1.21 bits per heavy atom. The van der Waals surface area contributed by atoms with Gasteiger partial charge in [-0.05, 0) is 0 Å². The molecule has 2 rings (SSSR count). The number of aromatic nitrogens is 2. The Kier molecular flexibility index (Phi) is 8.68. The van der Waals surface area contributed by atoms with Gasteiger partial charge in [-0.2, -0.15) is 4.39 Å². The Labute approximate surface area is 191 Å². The summed E-state index contributed by atoms with van der Waals surface area (Å²) in [7, 11) is -4.27. The van der Waals surface area contributed by atoms with Crippen LogP contribution in [0.25, 0.3) is 0 Å². The number of carbonyl (C=O) groups is 3. The summed E-state index contributed by atoms with van der Waals surface area (Å²) in [4.78, 5) is 50.7. The molecule has 0 unspecified atom stereocenters. The molecule has 1 amide bonds. The Hall–Kier alpha value is -3.55.